The van der Waals surface area contributed by atoms with Gasteiger partial charge in [0.15, 0.2) is 0 Å². The molecule has 0 radical (unpaired) electrons. The molecule has 0 amide bonds. The molecule has 3 heteroatoms. The van der Waals surface area contributed by atoms with Gasteiger partial charge in [-0.2, -0.15) is 0 Å². The smallest absolute Gasteiger partial charge is 0.0561 e. The highest BCUT2D eigenvalue weighted by Crippen LogP contribution is 2.39. The van der Waals surface area contributed by atoms with Crippen molar-refractivity contribution in [2.24, 2.45) is 7.05 Å². The Morgan fingerprint density at radius 1 is 0.304 bits per heavy atom. The Morgan fingerprint density at radius 2 is 0.739 bits per heavy atom. The average molecular weight is 588 g/mol. The minimum Gasteiger partial charge on any atom is -0.344 e. The van der Waals surface area contributed by atoms with Gasteiger partial charge in [0.1, 0.15) is 0 Å². The third kappa shape index (κ3) is 3.48. The predicted octanol–water partition coefficient (Wildman–Crippen LogP) is 11.2. The first kappa shape index (κ1) is 25.3. The van der Waals surface area contributed by atoms with Gasteiger partial charge in [0, 0.05) is 56.3 Å². The summed E-state index contributed by atoms with van der Waals surface area (Å²) in [4.78, 5) is 0. The Balaban J connectivity index is 1.30. The average Bonchev–Trinajstić information content (AvgIpc) is 3.73. The summed E-state index contributed by atoms with van der Waals surface area (Å²) in [5, 5.41) is 7.60. The highest BCUT2D eigenvalue weighted by molar-refractivity contribution is 6.13. The van der Waals surface area contributed by atoms with E-state index in [1.165, 1.54) is 76.5 Å². The van der Waals surface area contributed by atoms with Crippen LogP contribution in [0.5, 0.6) is 0 Å². The molecule has 3 aromatic heterocycles. The Bertz CT molecular complexity index is 2760. The van der Waals surface area contributed by atoms with Gasteiger partial charge in [-0.1, -0.05) is 109 Å². The Hall–Kier alpha value is -6.06. The van der Waals surface area contributed by atoms with Gasteiger partial charge in [-0.05, 0) is 59.7 Å². The highest BCUT2D eigenvalue weighted by atomic mass is 15.0. The van der Waals surface area contributed by atoms with Gasteiger partial charge in [-0.3, -0.25) is 0 Å². The summed E-state index contributed by atoms with van der Waals surface area (Å²) in [6.45, 7) is 0. The molecule has 0 bridgehead atoms. The molecule has 0 N–H and O–H groups in total. The molecule has 0 aliphatic carbocycles. The van der Waals surface area contributed by atoms with Crippen LogP contribution in [0.2, 0.25) is 0 Å². The van der Waals surface area contributed by atoms with Gasteiger partial charge in [-0.15, -0.1) is 0 Å². The molecule has 0 fully saturated rings. The van der Waals surface area contributed by atoms with Crippen LogP contribution in [-0.4, -0.2) is 13.7 Å². The van der Waals surface area contributed by atoms with Crippen LogP contribution in [0.25, 0.3) is 87.9 Å². The van der Waals surface area contributed by atoms with E-state index >= 15 is 0 Å². The fraction of sp³-hybridized carbons (Fsp3) is 0.0233. The van der Waals surface area contributed by atoms with Crippen LogP contribution < -0.4 is 0 Å². The second-order valence-corrected chi connectivity index (χ2v) is 12.3. The first-order valence-electron chi connectivity index (χ1n) is 15.8. The Labute approximate surface area is 265 Å². The van der Waals surface area contributed by atoms with E-state index in [9.17, 15) is 0 Å². The number of para-hydroxylation sites is 3. The molecule has 0 unspecified atom stereocenters. The zero-order valence-electron chi connectivity index (χ0n) is 25.4. The molecule has 3 heterocycles. The number of hydrogen-bond donors (Lipinski definition) is 0. The molecule has 0 atom stereocenters. The summed E-state index contributed by atoms with van der Waals surface area (Å²) in [6.07, 6.45) is 0. The van der Waals surface area contributed by atoms with E-state index in [0.29, 0.717) is 0 Å². The molecule has 46 heavy (non-hydrogen) atoms. The lowest BCUT2D eigenvalue weighted by Gasteiger charge is -2.12. The van der Waals surface area contributed by atoms with E-state index in [4.69, 9.17) is 0 Å². The van der Waals surface area contributed by atoms with Crippen LogP contribution in [-0.2, 0) is 7.05 Å². The summed E-state index contributed by atoms with van der Waals surface area (Å²) in [7, 11) is 2.17. The van der Waals surface area contributed by atoms with Crippen molar-refractivity contribution in [2.45, 2.75) is 0 Å². The predicted molar refractivity (Wildman–Crippen MR) is 195 cm³/mol. The lowest BCUT2D eigenvalue weighted by Crippen LogP contribution is -1.97. The number of nitrogens with zero attached hydrogens (tertiary/aromatic N) is 3. The van der Waals surface area contributed by atoms with Crippen molar-refractivity contribution in [3.63, 3.8) is 0 Å². The molecule has 3 nitrogen and oxygen atoms in total. The second-order valence-electron chi connectivity index (χ2n) is 12.3. The molecule has 0 saturated carbocycles. The zero-order valence-corrected chi connectivity index (χ0v) is 25.4. The molecule has 0 aliphatic rings. The van der Waals surface area contributed by atoms with Gasteiger partial charge < -0.3 is 13.7 Å². The number of aryl methyl sites for hydroxylation is 1. The van der Waals surface area contributed by atoms with Crippen molar-refractivity contribution in [1.82, 2.24) is 13.7 Å². The number of hydrogen-bond acceptors (Lipinski definition) is 0. The van der Waals surface area contributed by atoms with E-state index in [1.54, 1.807) is 0 Å². The molecular formula is C43H29N3. The van der Waals surface area contributed by atoms with Gasteiger partial charge in [0.2, 0.25) is 0 Å². The summed E-state index contributed by atoms with van der Waals surface area (Å²) >= 11 is 0. The van der Waals surface area contributed by atoms with E-state index in [0.717, 1.165) is 11.4 Å². The first-order valence-corrected chi connectivity index (χ1v) is 15.8. The van der Waals surface area contributed by atoms with Crippen LogP contribution in [0.3, 0.4) is 0 Å². The standard InChI is InChI=1S/C43H29N3/c1-44-38-16-8-5-13-32(38)35-23-20-30(26-41(35)44)46-42-25-29(28-11-3-2-4-12-28)19-22-36(42)37-24-21-31(27-43(37)46)45-39-17-9-6-14-33(39)34-15-7-10-18-40(34)45/h2-27H,1H3. The lowest BCUT2D eigenvalue weighted by molar-refractivity contribution is 1.01. The molecule has 0 aliphatic heterocycles. The quantitative estimate of drug-likeness (QED) is 0.195. The molecule has 0 saturated heterocycles. The maximum Gasteiger partial charge on any atom is 0.0561 e. The Kier molecular flexibility index (Phi) is 5.20. The number of aromatic nitrogens is 3. The fourth-order valence-corrected chi connectivity index (χ4v) is 7.72. The van der Waals surface area contributed by atoms with Crippen molar-refractivity contribution in [1.29, 1.82) is 0 Å². The third-order valence-corrected chi connectivity index (χ3v) is 9.85. The fourth-order valence-electron chi connectivity index (χ4n) is 7.72. The van der Waals surface area contributed by atoms with Crippen LogP contribution in [0.1, 0.15) is 0 Å². The minimum atomic E-state index is 1.16. The van der Waals surface area contributed by atoms with Gasteiger partial charge in [-0.25, -0.2) is 0 Å². The summed E-state index contributed by atoms with van der Waals surface area (Å²) in [5.41, 5.74) is 12.0. The molecule has 216 valence electrons. The monoisotopic (exact) mass is 587 g/mol. The van der Waals surface area contributed by atoms with Crippen molar-refractivity contribution in [3.8, 4) is 22.5 Å². The summed E-state index contributed by atoms with van der Waals surface area (Å²) < 4.78 is 7.20. The zero-order chi connectivity index (χ0) is 30.4. The topological polar surface area (TPSA) is 14.8 Å². The second kappa shape index (κ2) is 9.47. The number of rotatable bonds is 3. The normalized spacial score (nSPS) is 12.0. The van der Waals surface area contributed by atoms with Crippen molar-refractivity contribution in [3.05, 3.63) is 158 Å². The van der Waals surface area contributed by atoms with E-state index in [1.807, 2.05) is 0 Å². The molecule has 10 aromatic rings. The van der Waals surface area contributed by atoms with Crippen molar-refractivity contribution in [2.75, 3.05) is 0 Å². The number of benzene rings is 7. The van der Waals surface area contributed by atoms with E-state index in [2.05, 4.69) is 178 Å². The maximum absolute atomic E-state index is 2.46. The largest absolute Gasteiger partial charge is 0.344 e. The van der Waals surface area contributed by atoms with Crippen LogP contribution in [0.15, 0.2) is 158 Å². The SMILES string of the molecule is Cn1c2ccccc2c2ccc(-n3c4cc(-c5ccccc5)ccc4c4ccc(-n5c6ccccc6c6ccccc65)cc43)cc21. The molecule has 10 rings (SSSR count). The Morgan fingerprint density at radius 3 is 1.39 bits per heavy atom. The van der Waals surface area contributed by atoms with Gasteiger partial charge in [0.25, 0.3) is 0 Å². The van der Waals surface area contributed by atoms with E-state index in [-0.39, 0.29) is 0 Å². The van der Waals surface area contributed by atoms with Crippen molar-refractivity contribution >= 4 is 65.4 Å². The van der Waals surface area contributed by atoms with Crippen LogP contribution in [0.4, 0.5) is 0 Å². The van der Waals surface area contributed by atoms with Crippen LogP contribution in [0, 0.1) is 0 Å². The lowest BCUT2D eigenvalue weighted by atomic mass is 10.0. The molecule has 7 aromatic carbocycles. The van der Waals surface area contributed by atoms with E-state index < -0.39 is 0 Å². The third-order valence-electron chi connectivity index (χ3n) is 9.85. The summed E-state index contributed by atoms with van der Waals surface area (Å²) in [6, 6.07) is 57.6. The minimum absolute atomic E-state index is 1.16. The first-order chi connectivity index (χ1) is 22.7. The molecular weight excluding hydrogens is 558 g/mol. The van der Waals surface area contributed by atoms with Crippen LogP contribution >= 0.6 is 0 Å². The van der Waals surface area contributed by atoms with Crippen molar-refractivity contribution < 1.29 is 0 Å². The van der Waals surface area contributed by atoms with Gasteiger partial charge in [0.05, 0.1) is 27.6 Å². The maximum atomic E-state index is 2.46. The highest BCUT2D eigenvalue weighted by Gasteiger charge is 2.18. The summed E-state index contributed by atoms with van der Waals surface area (Å²) in [5.74, 6) is 0. The molecule has 0 spiro atoms. The van der Waals surface area contributed by atoms with Gasteiger partial charge >= 0.3 is 0 Å². The number of fused-ring (bicyclic) bond motifs is 9.